The lowest BCUT2D eigenvalue weighted by Gasteiger charge is -2.10. The highest BCUT2D eigenvalue weighted by atomic mass is 16.5. The third-order valence-corrected chi connectivity index (χ3v) is 2.11. The Kier molecular flexibility index (Phi) is 2.34. The molecule has 82 valence electrons. The van der Waals surface area contributed by atoms with Gasteiger partial charge in [-0.1, -0.05) is 5.10 Å². The minimum atomic E-state index is -1.06. The molecule has 1 saturated carbocycles. The summed E-state index contributed by atoms with van der Waals surface area (Å²) in [7, 11) is 0. The molecule has 6 heteroatoms. The van der Waals surface area contributed by atoms with Crippen molar-refractivity contribution in [3.8, 4) is 6.01 Å². The molecule has 2 rings (SSSR count). The number of carboxylic acid groups (broad SMARTS) is 1. The van der Waals surface area contributed by atoms with Crippen LogP contribution in [0.25, 0.3) is 0 Å². The van der Waals surface area contributed by atoms with Crippen LogP contribution in [0.2, 0.25) is 0 Å². The maximum absolute atomic E-state index is 10.9. The van der Waals surface area contributed by atoms with Crippen LogP contribution in [0.15, 0.2) is 0 Å². The van der Waals surface area contributed by atoms with Crippen LogP contribution in [-0.2, 0) is 0 Å². The molecule has 0 aromatic carbocycles. The summed E-state index contributed by atoms with van der Waals surface area (Å²) in [4.78, 5) is 10.9. The molecule has 1 aromatic rings. The number of nitrogens with zero attached hydrogens (tertiary/aromatic N) is 3. The average Bonchev–Trinajstić information content (AvgIpc) is 2.87. The standard InChI is InChI=1S/C9H13N3O3/c1-5(2)15-9-11-10-7(8(13)14)12(9)6-3-4-6/h5-6H,3-4H2,1-2H3,(H,13,14). The molecule has 1 fully saturated rings. The van der Waals surface area contributed by atoms with Crippen molar-refractivity contribution in [3.05, 3.63) is 5.82 Å². The van der Waals surface area contributed by atoms with Gasteiger partial charge in [0.15, 0.2) is 0 Å². The van der Waals surface area contributed by atoms with Gasteiger partial charge in [0.05, 0.1) is 6.10 Å². The van der Waals surface area contributed by atoms with Gasteiger partial charge in [0.2, 0.25) is 5.82 Å². The predicted molar refractivity (Wildman–Crippen MR) is 51.0 cm³/mol. The van der Waals surface area contributed by atoms with Gasteiger partial charge in [-0.15, -0.1) is 5.10 Å². The number of ether oxygens (including phenoxy) is 1. The molecule has 0 radical (unpaired) electrons. The molecule has 0 aliphatic heterocycles. The van der Waals surface area contributed by atoms with E-state index in [9.17, 15) is 4.79 Å². The van der Waals surface area contributed by atoms with Crippen molar-refractivity contribution in [1.82, 2.24) is 14.8 Å². The molecule has 0 bridgehead atoms. The van der Waals surface area contributed by atoms with E-state index in [2.05, 4.69) is 10.2 Å². The van der Waals surface area contributed by atoms with Gasteiger partial charge in [-0.3, -0.25) is 4.57 Å². The van der Waals surface area contributed by atoms with Crippen LogP contribution in [0.3, 0.4) is 0 Å². The molecule has 0 amide bonds. The van der Waals surface area contributed by atoms with E-state index in [-0.39, 0.29) is 18.0 Å². The van der Waals surface area contributed by atoms with Crippen molar-refractivity contribution in [2.75, 3.05) is 0 Å². The van der Waals surface area contributed by atoms with E-state index in [4.69, 9.17) is 9.84 Å². The van der Waals surface area contributed by atoms with Gasteiger partial charge in [0.1, 0.15) is 0 Å². The smallest absolute Gasteiger partial charge is 0.374 e. The average molecular weight is 211 g/mol. The highest BCUT2D eigenvalue weighted by Crippen LogP contribution is 2.38. The summed E-state index contributed by atoms with van der Waals surface area (Å²) < 4.78 is 6.98. The summed E-state index contributed by atoms with van der Waals surface area (Å²) in [6.45, 7) is 3.73. The first-order chi connectivity index (χ1) is 7.09. The van der Waals surface area contributed by atoms with E-state index in [1.807, 2.05) is 13.8 Å². The van der Waals surface area contributed by atoms with Crippen molar-refractivity contribution in [2.24, 2.45) is 0 Å². The largest absolute Gasteiger partial charge is 0.475 e. The summed E-state index contributed by atoms with van der Waals surface area (Å²) in [6, 6.07) is 0.504. The fourth-order valence-corrected chi connectivity index (χ4v) is 1.38. The number of hydrogen-bond donors (Lipinski definition) is 1. The van der Waals surface area contributed by atoms with E-state index >= 15 is 0 Å². The Balaban J connectivity index is 2.33. The van der Waals surface area contributed by atoms with Gasteiger partial charge in [-0.25, -0.2) is 4.79 Å². The summed E-state index contributed by atoms with van der Waals surface area (Å²) in [5.74, 6) is -1.10. The molecule has 1 aromatic heterocycles. The number of rotatable bonds is 4. The fraction of sp³-hybridized carbons (Fsp3) is 0.667. The predicted octanol–water partition coefficient (Wildman–Crippen LogP) is 1.10. The molecule has 0 atom stereocenters. The molecule has 1 aliphatic carbocycles. The second kappa shape index (κ2) is 3.52. The van der Waals surface area contributed by atoms with E-state index in [1.54, 1.807) is 4.57 Å². The maximum atomic E-state index is 10.9. The van der Waals surface area contributed by atoms with Gasteiger partial charge in [-0.2, -0.15) is 0 Å². The van der Waals surface area contributed by atoms with Gasteiger partial charge in [-0.05, 0) is 26.7 Å². The Bertz CT molecular complexity index is 382. The molecular weight excluding hydrogens is 198 g/mol. The number of aromatic nitrogens is 3. The highest BCUT2D eigenvalue weighted by Gasteiger charge is 2.32. The van der Waals surface area contributed by atoms with Gasteiger partial charge < -0.3 is 9.84 Å². The highest BCUT2D eigenvalue weighted by molar-refractivity contribution is 5.83. The van der Waals surface area contributed by atoms with Crippen LogP contribution in [-0.4, -0.2) is 31.9 Å². The lowest BCUT2D eigenvalue weighted by molar-refractivity contribution is 0.0675. The number of aromatic carboxylic acids is 1. The zero-order valence-corrected chi connectivity index (χ0v) is 8.67. The van der Waals surface area contributed by atoms with E-state index in [1.165, 1.54) is 0 Å². The minimum absolute atomic E-state index is 0.0339. The minimum Gasteiger partial charge on any atom is -0.475 e. The molecule has 1 heterocycles. The van der Waals surface area contributed by atoms with Crippen molar-refractivity contribution < 1.29 is 14.6 Å². The first-order valence-electron chi connectivity index (χ1n) is 4.94. The van der Waals surface area contributed by atoms with Crippen LogP contribution in [0.5, 0.6) is 6.01 Å². The van der Waals surface area contributed by atoms with Gasteiger partial charge in [0.25, 0.3) is 0 Å². The van der Waals surface area contributed by atoms with E-state index in [0.717, 1.165) is 12.8 Å². The van der Waals surface area contributed by atoms with E-state index < -0.39 is 5.97 Å². The Hall–Kier alpha value is -1.59. The van der Waals surface area contributed by atoms with Gasteiger partial charge in [0, 0.05) is 6.04 Å². The van der Waals surface area contributed by atoms with Crippen molar-refractivity contribution >= 4 is 5.97 Å². The van der Waals surface area contributed by atoms with Crippen LogP contribution in [0.1, 0.15) is 43.3 Å². The topological polar surface area (TPSA) is 77.2 Å². The Morgan fingerprint density at radius 3 is 2.67 bits per heavy atom. The molecule has 1 N–H and O–H groups in total. The molecule has 6 nitrogen and oxygen atoms in total. The zero-order valence-electron chi connectivity index (χ0n) is 8.67. The number of carbonyl (C=O) groups is 1. The van der Waals surface area contributed by atoms with E-state index in [0.29, 0.717) is 6.01 Å². The molecule has 0 saturated heterocycles. The van der Waals surface area contributed by atoms with Crippen molar-refractivity contribution in [1.29, 1.82) is 0 Å². The maximum Gasteiger partial charge on any atom is 0.374 e. The number of carboxylic acids is 1. The first kappa shape index (κ1) is 9.95. The summed E-state index contributed by atoms with van der Waals surface area (Å²) in [6.07, 6.45) is 1.90. The molecule has 0 unspecified atom stereocenters. The zero-order chi connectivity index (χ0) is 11.0. The summed E-state index contributed by atoms with van der Waals surface area (Å²) in [5.41, 5.74) is 0. The van der Waals surface area contributed by atoms with Crippen LogP contribution in [0, 0.1) is 0 Å². The Morgan fingerprint density at radius 1 is 1.53 bits per heavy atom. The molecule has 15 heavy (non-hydrogen) atoms. The summed E-state index contributed by atoms with van der Waals surface area (Å²) >= 11 is 0. The fourth-order valence-electron chi connectivity index (χ4n) is 1.38. The van der Waals surface area contributed by atoms with Crippen LogP contribution in [0.4, 0.5) is 0 Å². The second-order valence-corrected chi connectivity index (χ2v) is 3.88. The lowest BCUT2D eigenvalue weighted by atomic mass is 10.5. The third kappa shape index (κ3) is 1.93. The lowest BCUT2D eigenvalue weighted by Crippen LogP contribution is -2.13. The first-order valence-corrected chi connectivity index (χ1v) is 4.94. The summed E-state index contributed by atoms with van der Waals surface area (Å²) in [5, 5.41) is 16.3. The van der Waals surface area contributed by atoms with Crippen LogP contribution >= 0.6 is 0 Å². The SMILES string of the molecule is CC(C)Oc1nnc(C(=O)O)n1C1CC1. The van der Waals surface area contributed by atoms with Gasteiger partial charge >= 0.3 is 12.0 Å². The van der Waals surface area contributed by atoms with Crippen LogP contribution < -0.4 is 4.74 Å². The van der Waals surface area contributed by atoms with Crippen molar-refractivity contribution in [2.45, 2.75) is 38.8 Å². The van der Waals surface area contributed by atoms with Crippen molar-refractivity contribution in [3.63, 3.8) is 0 Å². The molecule has 1 aliphatic rings. The third-order valence-electron chi connectivity index (χ3n) is 2.11. The molecular formula is C9H13N3O3. The monoisotopic (exact) mass is 211 g/mol. The second-order valence-electron chi connectivity index (χ2n) is 3.88. The number of hydrogen-bond acceptors (Lipinski definition) is 4. The Morgan fingerprint density at radius 2 is 2.20 bits per heavy atom. The molecule has 0 spiro atoms. The quantitative estimate of drug-likeness (QED) is 0.806. The Labute approximate surface area is 86.9 Å². The normalized spacial score (nSPS) is 15.7.